The van der Waals surface area contributed by atoms with E-state index >= 15 is 0 Å². The first-order chi connectivity index (χ1) is 9.23. The van der Waals surface area contributed by atoms with Gasteiger partial charge in [-0.1, -0.05) is 48.7 Å². The van der Waals surface area contributed by atoms with Gasteiger partial charge in [0.2, 0.25) is 0 Å². The molecule has 1 amide bonds. The number of pyridine rings is 1. The van der Waals surface area contributed by atoms with Gasteiger partial charge in [0.05, 0.1) is 15.1 Å². The summed E-state index contributed by atoms with van der Waals surface area (Å²) in [5.41, 5.74) is -0.156. The average Bonchev–Trinajstić information content (AvgIpc) is 2.34. The molecule has 0 saturated heterocycles. The van der Waals surface area contributed by atoms with Gasteiger partial charge in [0, 0.05) is 6.20 Å². The van der Waals surface area contributed by atoms with Crippen LogP contribution in [0.15, 0.2) is 6.20 Å². The first kappa shape index (κ1) is 17.0. The molecule has 0 fully saturated rings. The van der Waals surface area contributed by atoms with Crippen LogP contribution in [-0.2, 0) is 4.79 Å². The molecule has 20 heavy (non-hydrogen) atoms. The third-order valence-corrected chi connectivity index (χ3v) is 3.68. The summed E-state index contributed by atoms with van der Waals surface area (Å²) in [5.74, 6) is -1.72. The molecule has 1 aromatic rings. The molecule has 1 heterocycles. The smallest absolute Gasteiger partial charge is 0.326 e. The van der Waals surface area contributed by atoms with Crippen LogP contribution >= 0.6 is 34.8 Å². The molecule has 0 bridgehead atoms. The molecule has 0 spiro atoms. The molecule has 1 rings (SSSR count). The quantitative estimate of drug-likeness (QED) is 0.863. The summed E-state index contributed by atoms with van der Waals surface area (Å²) in [6, 6.07) is -1.02. The first-order valence-electron chi connectivity index (χ1n) is 5.77. The Bertz CT molecular complexity index is 535. The van der Waals surface area contributed by atoms with E-state index in [1.54, 1.807) is 0 Å². The van der Waals surface area contributed by atoms with Crippen LogP contribution in [0.25, 0.3) is 0 Å². The van der Waals surface area contributed by atoms with Crippen LogP contribution < -0.4 is 5.32 Å². The van der Waals surface area contributed by atoms with E-state index in [4.69, 9.17) is 39.9 Å². The number of amides is 1. The van der Waals surface area contributed by atoms with Gasteiger partial charge in [0.25, 0.3) is 5.91 Å². The van der Waals surface area contributed by atoms with Crippen LogP contribution in [0, 0.1) is 5.92 Å². The van der Waals surface area contributed by atoms with E-state index in [0.717, 1.165) is 0 Å². The van der Waals surface area contributed by atoms with Gasteiger partial charge in [0.1, 0.15) is 11.7 Å². The third-order valence-electron chi connectivity index (χ3n) is 2.44. The number of aliphatic carboxylic acids is 1. The zero-order valence-corrected chi connectivity index (χ0v) is 13.1. The van der Waals surface area contributed by atoms with Crippen molar-refractivity contribution in [2.75, 3.05) is 0 Å². The highest BCUT2D eigenvalue weighted by atomic mass is 35.5. The van der Waals surface area contributed by atoms with Crippen LogP contribution in [0.4, 0.5) is 0 Å². The summed E-state index contributed by atoms with van der Waals surface area (Å²) in [5, 5.41) is 11.4. The van der Waals surface area contributed by atoms with Crippen LogP contribution in [0.5, 0.6) is 0 Å². The van der Waals surface area contributed by atoms with E-state index in [1.807, 2.05) is 13.8 Å². The van der Waals surface area contributed by atoms with Gasteiger partial charge in [-0.3, -0.25) is 4.79 Å². The standard InChI is InChI=1S/C12H13Cl3N2O3/c1-5(2)3-7(12(19)20)17-11(18)10-9(15)8(14)6(13)4-16-10/h4-5,7H,3H2,1-2H3,(H,17,18)(H,19,20). The predicted molar refractivity (Wildman–Crippen MR) is 77.6 cm³/mol. The number of carbonyl (C=O) groups excluding carboxylic acids is 1. The number of halogens is 3. The number of carboxylic acid groups (broad SMARTS) is 1. The molecule has 1 unspecified atom stereocenters. The highest BCUT2D eigenvalue weighted by Gasteiger charge is 2.24. The molecule has 0 aliphatic rings. The fourth-order valence-corrected chi connectivity index (χ4v) is 2.09. The molecule has 2 N–H and O–H groups in total. The normalized spacial score (nSPS) is 12.3. The highest BCUT2D eigenvalue weighted by Crippen LogP contribution is 2.31. The largest absolute Gasteiger partial charge is 0.480 e. The van der Waals surface area contributed by atoms with Crippen molar-refractivity contribution in [2.24, 2.45) is 5.92 Å². The van der Waals surface area contributed by atoms with Crippen molar-refractivity contribution in [3.8, 4) is 0 Å². The first-order valence-corrected chi connectivity index (χ1v) is 6.90. The fraction of sp³-hybridized carbons (Fsp3) is 0.417. The molecule has 110 valence electrons. The van der Waals surface area contributed by atoms with E-state index in [0.29, 0.717) is 6.42 Å². The maximum Gasteiger partial charge on any atom is 0.326 e. The van der Waals surface area contributed by atoms with Crippen LogP contribution in [0.3, 0.4) is 0 Å². The Balaban J connectivity index is 2.95. The van der Waals surface area contributed by atoms with Gasteiger partial charge in [0.15, 0.2) is 0 Å². The van der Waals surface area contributed by atoms with Crippen molar-refractivity contribution in [1.82, 2.24) is 10.3 Å². The minimum Gasteiger partial charge on any atom is -0.480 e. The van der Waals surface area contributed by atoms with E-state index in [9.17, 15) is 9.59 Å². The Labute approximate surface area is 131 Å². The van der Waals surface area contributed by atoms with E-state index in [2.05, 4.69) is 10.3 Å². The molecule has 8 heteroatoms. The maximum absolute atomic E-state index is 12.0. The Morgan fingerprint density at radius 1 is 1.30 bits per heavy atom. The maximum atomic E-state index is 12.0. The average molecular weight is 340 g/mol. The molecule has 0 aliphatic carbocycles. The number of carbonyl (C=O) groups is 2. The Kier molecular flexibility index (Phi) is 6.05. The van der Waals surface area contributed by atoms with Gasteiger partial charge in [-0.25, -0.2) is 9.78 Å². The number of nitrogens with one attached hydrogen (secondary N) is 1. The van der Waals surface area contributed by atoms with Gasteiger partial charge >= 0.3 is 5.97 Å². The molecule has 0 saturated carbocycles. The summed E-state index contributed by atoms with van der Waals surface area (Å²) < 4.78 is 0. The lowest BCUT2D eigenvalue weighted by atomic mass is 10.0. The van der Waals surface area contributed by atoms with Gasteiger partial charge in [-0.2, -0.15) is 0 Å². The molecule has 5 nitrogen and oxygen atoms in total. The van der Waals surface area contributed by atoms with Gasteiger partial charge in [-0.15, -0.1) is 0 Å². The summed E-state index contributed by atoms with van der Waals surface area (Å²) in [6.07, 6.45) is 1.48. The number of aromatic nitrogens is 1. The summed E-state index contributed by atoms with van der Waals surface area (Å²) in [7, 11) is 0. The number of hydrogen-bond donors (Lipinski definition) is 2. The lowest BCUT2D eigenvalue weighted by molar-refractivity contribution is -0.139. The molecule has 0 aliphatic heterocycles. The Hall–Kier alpha value is -1.04. The zero-order valence-electron chi connectivity index (χ0n) is 10.8. The topological polar surface area (TPSA) is 79.3 Å². The molecule has 1 aromatic heterocycles. The SMILES string of the molecule is CC(C)CC(NC(=O)c1ncc(Cl)c(Cl)c1Cl)C(=O)O. The highest BCUT2D eigenvalue weighted by molar-refractivity contribution is 6.48. The van der Waals surface area contributed by atoms with Crippen molar-refractivity contribution in [1.29, 1.82) is 0 Å². The number of carboxylic acids is 1. The van der Waals surface area contributed by atoms with E-state index < -0.39 is 17.9 Å². The monoisotopic (exact) mass is 338 g/mol. The summed E-state index contributed by atoms with van der Waals surface area (Å²) in [4.78, 5) is 26.9. The van der Waals surface area contributed by atoms with Crippen LogP contribution in [0.1, 0.15) is 30.8 Å². The lowest BCUT2D eigenvalue weighted by Crippen LogP contribution is -2.42. The lowest BCUT2D eigenvalue weighted by Gasteiger charge is -2.16. The number of rotatable bonds is 5. The van der Waals surface area contributed by atoms with E-state index in [1.165, 1.54) is 6.20 Å². The Morgan fingerprint density at radius 3 is 2.40 bits per heavy atom. The summed E-state index contributed by atoms with van der Waals surface area (Å²) in [6.45, 7) is 3.71. The van der Waals surface area contributed by atoms with Crippen molar-refractivity contribution in [3.63, 3.8) is 0 Å². The van der Waals surface area contributed by atoms with Gasteiger partial charge < -0.3 is 10.4 Å². The molecule has 0 aromatic carbocycles. The molecular formula is C12H13Cl3N2O3. The minimum absolute atomic E-state index is 0.00391. The van der Waals surface area contributed by atoms with Crippen molar-refractivity contribution in [3.05, 3.63) is 27.0 Å². The predicted octanol–water partition coefficient (Wildman–Crippen LogP) is 3.27. The second kappa shape index (κ2) is 7.11. The fourth-order valence-electron chi connectivity index (χ4n) is 1.52. The number of hydrogen-bond acceptors (Lipinski definition) is 3. The van der Waals surface area contributed by atoms with Crippen LogP contribution in [0.2, 0.25) is 15.1 Å². The summed E-state index contributed by atoms with van der Waals surface area (Å²) >= 11 is 17.4. The van der Waals surface area contributed by atoms with E-state index in [-0.39, 0.29) is 26.7 Å². The number of nitrogens with zero attached hydrogens (tertiary/aromatic N) is 1. The molecular weight excluding hydrogens is 327 g/mol. The van der Waals surface area contributed by atoms with Crippen LogP contribution in [-0.4, -0.2) is 28.0 Å². The second-order valence-corrected chi connectivity index (χ2v) is 5.74. The molecule has 1 atom stereocenters. The second-order valence-electron chi connectivity index (χ2n) is 4.58. The Morgan fingerprint density at radius 2 is 1.90 bits per heavy atom. The molecule has 0 radical (unpaired) electrons. The van der Waals surface area contributed by atoms with Crippen molar-refractivity contribution < 1.29 is 14.7 Å². The third kappa shape index (κ3) is 4.23. The van der Waals surface area contributed by atoms with Crippen molar-refractivity contribution >= 4 is 46.7 Å². The minimum atomic E-state index is -1.12. The zero-order chi connectivity index (χ0) is 15.4. The van der Waals surface area contributed by atoms with Gasteiger partial charge in [-0.05, 0) is 12.3 Å². The van der Waals surface area contributed by atoms with Crippen molar-refractivity contribution in [2.45, 2.75) is 26.3 Å².